The summed E-state index contributed by atoms with van der Waals surface area (Å²) < 4.78 is 6.03. The summed E-state index contributed by atoms with van der Waals surface area (Å²) in [5, 5.41) is 17.7. The van der Waals surface area contributed by atoms with Gasteiger partial charge in [0.2, 0.25) is 0 Å². The van der Waals surface area contributed by atoms with E-state index in [1.807, 2.05) is 0 Å². The van der Waals surface area contributed by atoms with Crippen molar-refractivity contribution in [1.29, 1.82) is 0 Å². The summed E-state index contributed by atoms with van der Waals surface area (Å²) in [5.41, 5.74) is -0.587. The van der Waals surface area contributed by atoms with E-state index in [1.165, 1.54) is 24.3 Å². The Bertz CT molecular complexity index is 1230. The summed E-state index contributed by atoms with van der Waals surface area (Å²) in [6.45, 7) is 3.42. The molecule has 0 saturated heterocycles. The summed E-state index contributed by atoms with van der Waals surface area (Å²) in [5.74, 6) is -1.73. The van der Waals surface area contributed by atoms with Gasteiger partial charge in [0.05, 0.1) is 22.9 Å². The molecule has 0 aliphatic rings. The third-order valence-corrected chi connectivity index (χ3v) is 4.34. The van der Waals surface area contributed by atoms with Gasteiger partial charge in [-0.3, -0.25) is 19.7 Å². The topological polar surface area (TPSA) is 133 Å². The number of aryl methyl sites for hydroxylation is 1. The Labute approximate surface area is 176 Å². The fourth-order valence-corrected chi connectivity index (χ4v) is 2.89. The molecule has 10 nitrogen and oxygen atoms in total. The molecule has 31 heavy (non-hydrogen) atoms. The predicted octanol–water partition coefficient (Wildman–Crippen LogP) is 2.88. The normalized spacial score (nSPS) is 10.4. The molecule has 3 rings (SSSR count). The van der Waals surface area contributed by atoms with Crippen LogP contribution in [0.25, 0.3) is 5.69 Å². The van der Waals surface area contributed by atoms with Crippen molar-refractivity contribution in [2.24, 2.45) is 0 Å². The molecule has 1 N–H and O–H groups in total. The SMILES string of the molecule is CCOC(=O)c1nn(-c2ccccc2C)c(=O)cc1NC(=O)c1ccccc1[N+](=O)[O-]. The van der Waals surface area contributed by atoms with Crippen molar-refractivity contribution in [2.75, 3.05) is 11.9 Å². The fraction of sp³-hybridized carbons (Fsp3) is 0.143. The van der Waals surface area contributed by atoms with E-state index < -0.39 is 28.0 Å². The summed E-state index contributed by atoms with van der Waals surface area (Å²) in [6.07, 6.45) is 0. The standard InChI is InChI=1S/C21H18N4O6/c1-3-31-21(28)19-15(22-20(27)14-9-5-7-11-17(14)25(29)30)12-18(26)24(23-19)16-10-6-4-8-13(16)2/h4-12H,3H2,1-2H3,(H,22,27). The van der Waals surface area contributed by atoms with Crippen molar-refractivity contribution in [3.05, 3.63) is 91.9 Å². The highest BCUT2D eigenvalue weighted by Crippen LogP contribution is 2.21. The molecule has 0 bridgehead atoms. The molecule has 1 heterocycles. The van der Waals surface area contributed by atoms with Crippen LogP contribution in [0, 0.1) is 17.0 Å². The summed E-state index contributed by atoms with van der Waals surface area (Å²) in [6, 6.07) is 13.3. The molecule has 10 heteroatoms. The maximum Gasteiger partial charge on any atom is 0.360 e. The van der Waals surface area contributed by atoms with Crippen molar-refractivity contribution < 1.29 is 19.2 Å². The van der Waals surface area contributed by atoms with Gasteiger partial charge in [-0.25, -0.2) is 4.79 Å². The monoisotopic (exact) mass is 422 g/mol. The zero-order valence-electron chi connectivity index (χ0n) is 16.7. The van der Waals surface area contributed by atoms with E-state index >= 15 is 0 Å². The third kappa shape index (κ3) is 4.47. The van der Waals surface area contributed by atoms with Crippen LogP contribution >= 0.6 is 0 Å². The molecule has 0 aliphatic heterocycles. The first kappa shape index (κ1) is 21.4. The highest BCUT2D eigenvalue weighted by Gasteiger charge is 2.24. The third-order valence-electron chi connectivity index (χ3n) is 4.34. The summed E-state index contributed by atoms with van der Waals surface area (Å²) >= 11 is 0. The van der Waals surface area contributed by atoms with E-state index in [-0.39, 0.29) is 23.6 Å². The molecule has 3 aromatic rings. The minimum atomic E-state index is -0.868. The first-order valence-corrected chi connectivity index (χ1v) is 9.25. The molecular formula is C21H18N4O6. The Morgan fingerprint density at radius 2 is 1.84 bits per heavy atom. The first-order chi connectivity index (χ1) is 14.8. The zero-order valence-corrected chi connectivity index (χ0v) is 16.7. The number of carbonyl (C=O) groups excluding carboxylic acids is 2. The number of amides is 1. The minimum absolute atomic E-state index is 0.0432. The fourth-order valence-electron chi connectivity index (χ4n) is 2.89. The van der Waals surface area contributed by atoms with Gasteiger partial charge in [0.25, 0.3) is 17.2 Å². The van der Waals surface area contributed by atoms with Crippen LogP contribution < -0.4 is 10.9 Å². The number of hydrogen-bond acceptors (Lipinski definition) is 7. The maximum atomic E-state index is 12.7. The van der Waals surface area contributed by atoms with Gasteiger partial charge in [0.15, 0.2) is 5.69 Å². The molecule has 0 unspecified atom stereocenters. The predicted molar refractivity (Wildman–Crippen MR) is 112 cm³/mol. The summed E-state index contributed by atoms with van der Waals surface area (Å²) in [7, 11) is 0. The van der Waals surface area contributed by atoms with Gasteiger partial charge in [-0.1, -0.05) is 30.3 Å². The molecule has 0 fully saturated rings. The number of para-hydroxylation sites is 2. The van der Waals surface area contributed by atoms with E-state index in [4.69, 9.17) is 4.74 Å². The Hall–Kier alpha value is -4.34. The van der Waals surface area contributed by atoms with Gasteiger partial charge < -0.3 is 10.1 Å². The molecule has 2 aromatic carbocycles. The van der Waals surface area contributed by atoms with Crippen LogP contribution in [-0.4, -0.2) is 33.2 Å². The van der Waals surface area contributed by atoms with Crippen molar-refractivity contribution >= 4 is 23.3 Å². The smallest absolute Gasteiger partial charge is 0.360 e. The first-order valence-electron chi connectivity index (χ1n) is 9.25. The van der Waals surface area contributed by atoms with E-state index in [9.17, 15) is 24.5 Å². The molecule has 0 atom stereocenters. The lowest BCUT2D eigenvalue weighted by Crippen LogP contribution is -2.27. The maximum absolute atomic E-state index is 12.7. The lowest BCUT2D eigenvalue weighted by molar-refractivity contribution is -0.385. The number of anilines is 1. The average molecular weight is 422 g/mol. The number of benzene rings is 2. The molecule has 0 radical (unpaired) electrons. The Morgan fingerprint density at radius 1 is 1.16 bits per heavy atom. The van der Waals surface area contributed by atoms with Crippen LogP contribution in [0.5, 0.6) is 0 Å². The molecule has 1 amide bonds. The van der Waals surface area contributed by atoms with Crippen molar-refractivity contribution in [1.82, 2.24) is 9.78 Å². The van der Waals surface area contributed by atoms with E-state index in [2.05, 4.69) is 10.4 Å². The quantitative estimate of drug-likeness (QED) is 0.367. The highest BCUT2D eigenvalue weighted by atomic mass is 16.6. The molecular weight excluding hydrogens is 404 g/mol. The number of nitrogens with zero attached hydrogens (tertiary/aromatic N) is 3. The number of nitro benzene ring substituents is 1. The van der Waals surface area contributed by atoms with Gasteiger partial charge >= 0.3 is 5.97 Å². The number of aromatic nitrogens is 2. The van der Waals surface area contributed by atoms with Crippen molar-refractivity contribution in [2.45, 2.75) is 13.8 Å². The van der Waals surface area contributed by atoms with Crippen molar-refractivity contribution in [3.63, 3.8) is 0 Å². The van der Waals surface area contributed by atoms with Gasteiger partial charge in [0, 0.05) is 12.1 Å². The van der Waals surface area contributed by atoms with Crippen LogP contribution in [0.15, 0.2) is 59.4 Å². The number of esters is 1. The number of nitro groups is 1. The van der Waals surface area contributed by atoms with Crippen molar-refractivity contribution in [3.8, 4) is 5.69 Å². The second kappa shape index (κ2) is 8.99. The Balaban J connectivity index is 2.10. The zero-order chi connectivity index (χ0) is 22.5. The number of carbonyl (C=O) groups is 2. The second-order valence-electron chi connectivity index (χ2n) is 6.39. The van der Waals surface area contributed by atoms with Gasteiger partial charge in [-0.2, -0.15) is 9.78 Å². The summed E-state index contributed by atoms with van der Waals surface area (Å²) in [4.78, 5) is 48.4. The Morgan fingerprint density at radius 3 is 2.52 bits per heavy atom. The molecule has 0 aliphatic carbocycles. The van der Waals surface area contributed by atoms with Gasteiger partial charge in [-0.15, -0.1) is 0 Å². The van der Waals surface area contributed by atoms with Gasteiger partial charge in [-0.05, 0) is 31.5 Å². The molecule has 1 aromatic heterocycles. The van der Waals surface area contributed by atoms with Crippen LogP contribution in [0.2, 0.25) is 0 Å². The lowest BCUT2D eigenvalue weighted by atomic mass is 10.1. The van der Waals surface area contributed by atoms with Gasteiger partial charge in [0.1, 0.15) is 5.56 Å². The van der Waals surface area contributed by atoms with Crippen LogP contribution in [0.3, 0.4) is 0 Å². The van der Waals surface area contributed by atoms with E-state index in [0.29, 0.717) is 5.69 Å². The average Bonchev–Trinajstić information content (AvgIpc) is 2.74. The van der Waals surface area contributed by atoms with E-state index in [0.717, 1.165) is 16.3 Å². The molecule has 0 saturated carbocycles. The highest BCUT2D eigenvalue weighted by molar-refractivity contribution is 6.09. The van der Waals surface area contributed by atoms with E-state index in [1.54, 1.807) is 38.1 Å². The largest absolute Gasteiger partial charge is 0.461 e. The number of nitrogens with one attached hydrogen (secondary N) is 1. The van der Waals surface area contributed by atoms with Crippen LogP contribution in [0.1, 0.15) is 33.3 Å². The lowest BCUT2D eigenvalue weighted by Gasteiger charge is -2.13. The van der Waals surface area contributed by atoms with Crippen LogP contribution in [0.4, 0.5) is 11.4 Å². The molecule has 158 valence electrons. The number of hydrogen-bond donors (Lipinski definition) is 1. The minimum Gasteiger partial charge on any atom is -0.461 e. The Kier molecular flexibility index (Phi) is 6.20. The number of rotatable bonds is 6. The molecule has 0 spiro atoms. The number of ether oxygens (including phenoxy) is 1. The second-order valence-corrected chi connectivity index (χ2v) is 6.39. The van der Waals surface area contributed by atoms with Crippen LogP contribution in [-0.2, 0) is 4.74 Å².